The van der Waals surface area contributed by atoms with Gasteiger partial charge in [-0.3, -0.25) is 9.36 Å². The van der Waals surface area contributed by atoms with Gasteiger partial charge in [-0.1, -0.05) is 79.8 Å². The third kappa shape index (κ3) is 13.3. The molecule has 0 bridgehead atoms. The average molecular weight is 522 g/mol. The van der Waals surface area contributed by atoms with E-state index in [-0.39, 0.29) is 24.4 Å². The van der Waals surface area contributed by atoms with E-state index in [9.17, 15) is 14.7 Å². The van der Waals surface area contributed by atoms with E-state index in [0.717, 1.165) is 38.5 Å². The monoisotopic (exact) mass is 521 g/mol. The topological polar surface area (TPSA) is 93.5 Å². The Labute approximate surface area is 227 Å². The zero-order chi connectivity index (χ0) is 27.3. The molecule has 38 heavy (non-hydrogen) atoms. The number of anilines is 1. The van der Waals surface area contributed by atoms with E-state index in [1.165, 1.54) is 4.57 Å². The van der Waals surface area contributed by atoms with Crippen LogP contribution in [-0.4, -0.2) is 33.3 Å². The number of aliphatic hydroxyl groups excluding tert-OH is 1. The molecule has 1 aliphatic rings. The van der Waals surface area contributed by atoms with Crippen LogP contribution in [0.2, 0.25) is 0 Å². The quantitative estimate of drug-likeness (QED) is 0.234. The van der Waals surface area contributed by atoms with E-state index >= 15 is 0 Å². The Kier molecular flexibility index (Phi) is 16.1. The molecule has 2 heterocycles. The van der Waals surface area contributed by atoms with Gasteiger partial charge in [0.2, 0.25) is 5.91 Å². The van der Waals surface area contributed by atoms with Crippen LogP contribution in [0, 0.1) is 0 Å². The van der Waals surface area contributed by atoms with Crippen LogP contribution in [0.3, 0.4) is 0 Å². The van der Waals surface area contributed by atoms with E-state index in [1.54, 1.807) is 12.3 Å². The largest absolute Gasteiger partial charge is 0.394 e. The molecule has 7 nitrogen and oxygen atoms in total. The normalized spacial score (nSPS) is 18.5. The number of hydrogen-bond donors (Lipinski definition) is 2. The molecule has 0 unspecified atom stereocenters. The van der Waals surface area contributed by atoms with Crippen molar-refractivity contribution >= 4 is 11.7 Å². The minimum Gasteiger partial charge on any atom is -0.394 e. The summed E-state index contributed by atoms with van der Waals surface area (Å²) in [5, 5.41) is 11.8. The predicted molar refractivity (Wildman–Crippen MR) is 155 cm³/mol. The van der Waals surface area contributed by atoms with Crippen LogP contribution in [0.25, 0.3) is 0 Å². The van der Waals surface area contributed by atoms with Gasteiger partial charge in [-0.2, -0.15) is 4.98 Å². The summed E-state index contributed by atoms with van der Waals surface area (Å²) in [4.78, 5) is 28.4. The number of carbonyl (C=O) groups is 1. The van der Waals surface area contributed by atoms with E-state index in [0.29, 0.717) is 25.7 Å². The second-order valence-electron chi connectivity index (χ2n) is 8.98. The van der Waals surface area contributed by atoms with Crippen molar-refractivity contribution in [2.75, 3.05) is 11.9 Å². The third-order valence-electron chi connectivity index (χ3n) is 5.83. The van der Waals surface area contributed by atoms with Gasteiger partial charge in [0.15, 0.2) is 0 Å². The summed E-state index contributed by atoms with van der Waals surface area (Å²) in [6.45, 7) is 2.08. The molecule has 1 aromatic heterocycles. The SMILES string of the molecule is CCC=CCC=CCC=CCC=CCC=CCC=CCCC(=O)Nc1ccn([C@@H]2CC[C@@H](CO)O2)c(=O)n1. The summed E-state index contributed by atoms with van der Waals surface area (Å²) in [5.41, 5.74) is -0.483. The summed E-state index contributed by atoms with van der Waals surface area (Å²) >= 11 is 0. The number of nitrogens with zero attached hydrogens (tertiary/aromatic N) is 2. The highest BCUT2D eigenvalue weighted by Crippen LogP contribution is 2.26. The average Bonchev–Trinajstić information content (AvgIpc) is 3.39. The van der Waals surface area contributed by atoms with Gasteiger partial charge in [0.05, 0.1) is 12.7 Å². The first kappa shape index (κ1) is 30.9. The molecule has 1 saturated heterocycles. The number of amides is 1. The van der Waals surface area contributed by atoms with Gasteiger partial charge in [0.25, 0.3) is 0 Å². The van der Waals surface area contributed by atoms with Crippen molar-refractivity contribution in [3.63, 3.8) is 0 Å². The highest BCUT2D eigenvalue weighted by molar-refractivity contribution is 5.89. The summed E-state index contributed by atoms with van der Waals surface area (Å²) in [6, 6.07) is 1.59. The van der Waals surface area contributed by atoms with Crippen LogP contribution in [0.5, 0.6) is 0 Å². The van der Waals surface area contributed by atoms with Crippen LogP contribution in [0.4, 0.5) is 5.82 Å². The molecule has 2 rings (SSSR count). The van der Waals surface area contributed by atoms with E-state index in [4.69, 9.17) is 4.74 Å². The minimum atomic E-state index is -0.483. The molecule has 0 aliphatic carbocycles. The lowest BCUT2D eigenvalue weighted by molar-refractivity contribution is -0.116. The van der Waals surface area contributed by atoms with Crippen LogP contribution in [0.1, 0.15) is 77.4 Å². The summed E-state index contributed by atoms with van der Waals surface area (Å²) < 4.78 is 7.00. The molecule has 206 valence electrons. The highest BCUT2D eigenvalue weighted by Gasteiger charge is 2.26. The van der Waals surface area contributed by atoms with Crippen LogP contribution in [-0.2, 0) is 9.53 Å². The van der Waals surface area contributed by atoms with Crippen molar-refractivity contribution < 1.29 is 14.6 Å². The lowest BCUT2D eigenvalue weighted by Gasteiger charge is -2.14. The molecule has 0 aromatic carbocycles. The number of carbonyl (C=O) groups excluding carboxylic acids is 1. The van der Waals surface area contributed by atoms with E-state index in [1.807, 2.05) is 12.2 Å². The standard InChI is InChI=1S/C31H43N3O4/c1-2-3-4-5-6-7-8-9-10-11-12-13-14-15-16-17-18-19-20-21-29(36)32-28-24-25-34(31(37)33-28)30-23-22-27(26-35)38-30/h3-4,6-7,9-10,12-13,15-16,18-19,24-25,27,30,35H,2,5,8,11,14,17,20-23,26H2,1H3,(H,32,33,36,37)/t27-,30-/m0/s1. The first-order chi connectivity index (χ1) is 18.6. The number of aromatic nitrogens is 2. The number of rotatable bonds is 17. The van der Waals surface area contributed by atoms with Gasteiger partial charge in [-0.05, 0) is 63.9 Å². The molecule has 2 atom stereocenters. The fourth-order valence-corrected chi connectivity index (χ4v) is 3.79. The Morgan fingerprint density at radius 2 is 1.50 bits per heavy atom. The summed E-state index contributed by atoms with van der Waals surface area (Å²) in [6.07, 6.45) is 34.7. The lowest BCUT2D eigenvalue weighted by Crippen LogP contribution is -2.28. The third-order valence-corrected chi connectivity index (χ3v) is 5.83. The number of nitrogens with one attached hydrogen (secondary N) is 1. The number of aliphatic hydroxyl groups is 1. The van der Waals surface area contributed by atoms with Crippen LogP contribution < -0.4 is 11.0 Å². The molecule has 1 amide bonds. The van der Waals surface area contributed by atoms with E-state index < -0.39 is 11.9 Å². The molecular formula is C31H43N3O4. The Balaban J connectivity index is 1.53. The number of allylic oxidation sites excluding steroid dienone is 12. The molecule has 1 fully saturated rings. The van der Waals surface area contributed by atoms with Gasteiger partial charge in [0.1, 0.15) is 12.0 Å². The van der Waals surface area contributed by atoms with Gasteiger partial charge in [0, 0.05) is 12.6 Å². The fraction of sp³-hybridized carbons (Fsp3) is 0.452. The second kappa shape index (κ2) is 19.8. The second-order valence-corrected chi connectivity index (χ2v) is 8.98. The maximum atomic E-state index is 12.3. The molecular weight excluding hydrogens is 478 g/mol. The van der Waals surface area contributed by atoms with Gasteiger partial charge in [-0.15, -0.1) is 0 Å². The molecule has 0 radical (unpaired) electrons. The zero-order valence-electron chi connectivity index (χ0n) is 22.6. The van der Waals surface area contributed by atoms with Crippen molar-refractivity contribution in [3.05, 3.63) is 95.7 Å². The Morgan fingerprint density at radius 3 is 2.00 bits per heavy atom. The molecule has 0 spiro atoms. The van der Waals surface area contributed by atoms with Crippen LogP contribution >= 0.6 is 0 Å². The number of ether oxygens (including phenoxy) is 1. The first-order valence-electron chi connectivity index (χ1n) is 13.7. The molecule has 2 N–H and O–H groups in total. The predicted octanol–water partition coefficient (Wildman–Crippen LogP) is 6.33. The van der Waals surface area contributed by atoms with Crippen molar-refractivity contribution in [1.29, 1.82) is 0 Å². The van der Waals surface area contributed by atoms with Gasteiger partial charge < -0.3 is 15.2 Å². The van der Waals surface area contributed by atoms with Crippen molar-refractivity contribution in [3.8, 4) is 0 Å². The smallest absolute Gasteiger partial charge is 0.351 e. The molecule has 0 saturated carbocycles. The first-order valence-corrected chi connectivity index (χ1v) is 13.7. The molecule has 7 heteroatoms. The Morgan fingerprint density at radius 1 is 0.947 bits per heavy atom. The van der Waals surface area contributed by atoms with Crippen molar-refractivity contribution in [2.24, 2.45) is 0 Å². The van der Waals surface area contributed by atoms with Gasteiger partial charge in [-0.25, -0.2) is 4.79 Å². The summed E-state index contributed by atoms with van der Waals surface area (Å²) in [7, 11) is 0. The fourth-order valence-electron chi connectivity index (χ4n) is 3.79. The minimum absolute atomic E-state index is 0.0659. The van der Waals surface area contributed by atoms with Gasteiger partial charge >= 0.3 is 5.69 Å². The molecule has 1 aromatic rings. The Bertz CT molecular complexity index is 1050. The Hall–Kier alpha value is -3.29. The maximum Gasteiger partial charge on any atom is 0.351 e. The van der Waals surface area contributed by atoms with E-state index in [2.05, 4.69) is 78.0 Å². The maximum absolute atomic E-state index is 12.3. The zero-order valence-corrected chi connectivity index (χ0v) is 22.6. The lowest BCUT2D eigenvalue weighted by atomic mass is 10.2. The van der Waals surface area contributed by atoms with Crippen LogP contribution in [0.15, 0.2) is 90.0 Å². The van der Waals surface area contributed by atoms with Crippen molar-refractivity contribution in [1.82, 2.24) is 9.55 Å². The highest BCUT2D eigenvalue weighted by atomic mass is 16.5. The number of hydrogen-bond acceptors (Lipinski definition) is 5. The summed E-state index contributed by atoms with van der Waals surface area (Å²) in [5.74, 6) is 0.0438. The molecule has 1 aliphatic heterocycles. The van der Waals surface area contributed by atoms with Crippen molar-refractivity contribution in [2.45, 2.75) is 83.5 Å².